The van der Waals surface area contributed by atoms with Crippen molar-refractivity contribution in [3.8, 4) is 0 Å². The van der Waals surface area contributed by atoms with Gasteiger partial charge in [0.2, 0.25) is 0 Å². The van der Waals surface area contributed by atoms with Gasteiger partial charge in [-0.3, -0.25) is 4.79 Å². The van der Waals surface area contributed by atoms with E-state index in [1.165, 1.54) is 25.7 Å². The van der Waals surface area contributed by atoms with E-state index < -0.39 is 0 Å². The van der Waals surface area contributed by atoms with Crippen LogP contribution in [0.5, 0.6) is 0 Å². The molecule has 1 fully saturated rings. The maximum absolute atomic E-state index is 12.0. The van der Waals surface area contributed by atoms with Gasteiger partial charge in [0.25, 0.3) is 5.91 Å². The van der Waals surface area contributed by atoms with Gasteiger partial charge in [-0.2, -0.15) is 0 Å². The van der Waals surface area contributed by atoms with Gasteiger partial charge in [0.05, 0.1) is 0 Å². The minimum absolute atomic E-state index is 0.0759. The molecular formula is C15H20BrClN2O. The highest BCUT2D eigenvalue weighted by Crippen LogP contribution is 2.22. The van der Waals surface area contributed by atoms with E-state index in [1.807, 2.05) is 0 Å². The van der Waals surface area contributed by atoms with Gasteiger partial charge in [-0.05, 0) is 38.1 Å². The van der Waals surface area contributed by atoms with Crippen molar-refractivity contribution in [2.45, 2.75) is 31.7 Å². The van der Waals surface area contributed by atoms with Crippen LogP contribution in [0.2, 0.25) is 5.02 Å². The minimum Gasteiger partial charge on any atom is -0.351 e. The molecule has 1 aromatic rings. The summed E-state index contributed by atoms with van der Waals surface area (Å²) in [7, 11) is 2.14. The fraction of sp³-hybridized carbons (Fsp3) is 0.533. The number of rotatable bonds is 5. The molecule has 0 saturated heterocycles. The Morgan fingerprint density at radius 3 is 2.75 bits per heavy atom. The van der Waals surface area contributed by atoms with Crippen molar-refractivity contribution in [3.63, 3.8) is 0 Å². The Morgan fingerprint density at radius 1 is 1.40 bits per heavy atom. The van der Waals surface area contributed by atoms with Crippen molar-refractivity contribution in [1.29, 1.82) is 0 Å². The van der Waals surface area contributed by atoms with Crippen LogP contribution in [0.4, 0.5) is 0 Å². The van der Waals surface area contributed by atoms with Crippen LogP contribution in [0.1, 0.15) is 36.0 Å². The summed E-state index contributed by atoms with van der Waals surface area (Å²) < 4.78 is 0.818. The molecule has 1 amide bonds. The molecule has 5 heteroatoms. The lowest BCUT2D eigenvalue weighted by Crippen LogP contribution is -2.37. The first-order chi connectivity index (χ1) is 9.56. The highest BCUT2D eigenvalue weighted by molar-refractivity contribution is 9.10. The van der Waals surface area contributed by atoms with Crippen LogP contribution in [0.15, 0.2) is 22.7 Å². The van der Waals surface area contributed by atoms with Gasteiger partial charge in [-0.25, -0.2) is 0 Å². The molecule has 1 N–H and O–H groups in total. The topological polar surface area (TPSA) is 32.3 Å². The van der Waals surface area contributed by atoms with E-state index in [4.69, 9.17) is 11.6 Å². The number of amides is 1. The Morgan fingerprint density at radius 2 is 2.10 bits per heavy atom. The highest BCUT2D eigenvalue weighted by Gasteiger charge is 2.19. The Balaban J connectivity index is 1.79. The molecule has 20 heavy (non-hydrogen) atoms. The number of hydrogen-bond donors (Lipinski definition) is 1. The summed E-state index contributed by atoms with van der Waals surface area (Å²) in [4.78, 5) is 14.4. The van der Waals surface area contributed by atoms with E-state index in [-0.39, 0.29) is 5.91 Å². The first-order valence-corrected chi connectivity index (χ1v) is 8.18. The number of nitrogens with zero attached hydrogens (tertiary/aromatic N) is 1. The molecule has 1 saturated carbocycles. The predicted octanol–water partition coefficient (Wildman–Crippen LogP) is 3.71. The molecular weight excluding hydrogens is 340 g/mol. The second kappa shape index (κ2) is 7.43. The molecule has 0 radical (unpaired) electrons. The average Bonchev–Trinajstić information content (AvgIpc) is 2.91. The molecule has 0 unspecified atom stereocenters. The molecule has 1 aliphatic carbocycles. The van der Waals surface area contributed by atoms with Gasteiger partial charge in [0, 0.05) is 34.2 Å². The molecule has 1 aromatic carbocycles. The minimum atomic E-state index is -0.0759. The summed E-state index contributed by atoms with van der Waals surface area (Å²) in [6, 6.07) is 5.92. The highest BCUT2D eigenvalue weighted by atomic mass is 79.9. The molecule has 0 atom stereocenters. The normalized spacial score (nSPS) is 15.8. The number of likely N-dealkylation sites (N-methyl/N-ethyl adjacent to an activating group) is 1. The van der Waals surface area contributed by atoms with Crippen molar-refractivity contribution in [2.24, 2.45) is 0 Å². The van der Waals surface area contributed by atoms with Crippen molar-refractivity contribution >= 4 is 33.4 Å². The van der Waals surface area contributed by atoms with Crippen molar-refractivity contribution < 1.29 is 4.79 Å². The lowest BCUT2D eigenvalue weighted by Gasteiger charge is -2.23. The second-order valence-corrected chi connectivity index (χ2v) is 6.69. The summed E-state index contributed by atoms with van der Waals surface area (Å²) in [5, 5.41) is 3.51. The quantitative estimate of drug-likeness (QED) is 0.869. The smallest absolute Gasteiger partial charge is 0.251 e. The molecule has 1 aliphatic rings. The van der Waals surface area contributed by atoms with Crippen LogP contribution in [0, 0.1) is 0 Å². The summed E-state index contributed by atoms with van der Waals surface area (Å²) in [5.41, 5.74) is 0.591. The van der Waals surface area contributed by atoms with E-state index >= 15 is 0 Å². The third-order valence-corrected chi connectivity index (χ3v) is 4.50. The standard InChI is InChI=1S/C15H20BrClN2O/c1-19(14-4-2-3-5-14)7-6-18-15(20)11-8-12(16)10-13(17)9-11/h8-10,14H,2-7H2,1H3,(H,18,20). The van der Waals surface area contributed by atoms with Crippen LogP contribution < -0.4 is 5.32 Å². The largest absolute Gasteiger partial charge is 0.351 e. The summed E-state index contributed by atoms with van der Waals surface area (Å²) >= 11 is 9.29. The number of hydrogen-bond acceptors (Lipinski definition) is 2. The maximum atomic E-state index is 12.0. The first-order valence-electron chi connectivity index (χ1n) is 7.01. The van der Waals surface area contributed by atoms with Crippen molar-refractivity contribution in [3.05, 3.63) is 33.3 Å². The van der Waals surface area contributed by atoms with E-state index in [0.717, 1.165) is 11.0 Å². The van der Waals surface area contributed by atoms with Gasteiger partial charge < -0.3 is 10.2 Å². The third kappa shape index (κ3) is 4.47. The molecule has 0 aromatic heterocycles. The molecule has 0 aliphatic heterocycles. The molecule has 2 rings (SSSR count). The van der Waals surface area contributed by atoms with Crippen molar-refractivity contribution in [2.75, 3.05) is 20.1 Å². The SMILES string of the molecule is CN(CCNC(=O)c1cc(Cl)cc(Br)c1)C1CCCC1. The van der Waals surface area contributed by atoms with Gasteiger partial charge in [0.15, 0.2) is 0 Å². The van der Waals surface area contributed by atoms with Gasteiger partial charge in [-0.15, -0.1) is 0 Å². The molecule has 3 nitrogen and oxygen atoms in total. The average molecular weight is 360 g/mol. The molecule has 110 valence electrons. The Kier molecular flexibility index (Phi) is 5.87. The zero-order valence-corrected chi connectivity index (χ0v) is 14.0. The van der Waals surface area contributed by atoms with Crippen molar-refractivity contribution in [1.82, 2.24) is 10.2 Å². The van der Waals surface area contributed by atoms with Crippen LogP contribution in [-0.4, -0.2) is 37.0 Å². The first kappa shape index (κ1) is 15.8. The van der Waals surface area contributed by atoms with Crippen LogP contribution >= 0.6 is 27.5 Å². The van der Waals surface area contributed by atoms with Crippen LogP contribution in [-0.2, 0) is 0 Å². The van der Waals surface area contributed by atoms with E-state index in [1.54, 1.807) is 18.2 Å². The van der Waals surface area contributed by atoms with Gasteiger partial charge in [0.1, 0.15) is 0 Å². The molecule has 0 spiro atoms. The zero-order valence-electron chi connectivity index (χ0n) is 11.7. The molecule has 0 heterocycles. The number of benzene rings is 1. The molecule has 0 bridgehead atoms. The van der Waals surface area contributed by atoms with E-state index in [0.29, 0.717) is 23.2 Å². The second-order valence-electron chi connectivity index (χ2n) is 5.33. The summed E-state index contributed by atoms with van der Waals surface area (Å²) in [6.07, 6.45) is 5.23. The number of halogens is 2. The lowest BCUT2D eigenvalue weighted by atomic mass is 10.2. The van der Waals surface area contributed by atoms with Crippen LogP contribution in [0.25, 0.3) is 0 Å². The fourth-order valence-corrected chi connectivity index (χ4v) is 3.52. The summed E-state index contributed by atoms with van der Waals surface area (Å²) in [5.74, 6) is -0.0759. The van der Waals surface area contributed by atoms with Gasteiger partial charge >= 0.3 is 0 Å². The van der Waals surface area contributed by atoms with Crippen LogP contribution in [0.3, 0.4) is 0 Å². The lowest BCUT2D eigenvalue weighted by molar-refractivity contribution is 0.0947. The van der Waals surface area contributed by atoms with E-state index in [2.05, 4.69) is 33.2 Å². The predicted molar refractivity (Wildman–Crippen MR) is 86.4 cm³/mol. The van der Waals surface area contributed by atoms with E-state index in [9.17, 15) is 4.79 Å². The van der Waals surface area contributed by atoms with Gasteiger partial charge in [-0.1, -0.05) is 40.4 Å². The Labute approximate surface area is 133 Å². The maximum Gasteiger partial charge on any atom is 0.251 e. The summed E-state index contributed by atoms with van der Waals surface area (Å²) in [6.45, 7) is 1.55. The Bertz CT molecular complexity index is 455. The monoisotopic (exact) mass is 358 g/mol. The number of carbonyl (C=O) groups is 1. The third-order valence-electron chi connectivity index (χ3n) is 3.82. The fourth-order valence-electron chi connectivity index (χ4n) is 2.66. The Hall–Kier alpha value is -0.580. The number of carbonyl (C=O) groups excluding carboxylic acids is 1. The zero-order chi connectivity index (χ0) is 14.5. The number of nitrogens with one attached hydrogen (secondary N) is 1.